The number of ether oxygens (including phenoxy) is 2. The highest BCUT2D eigenvalue weighted by Crippen LogP contribution is 2.29. The maximum absolute atomic E-state index is 12.6. The Kier molecular flexibility index (Phi) is 6.78. The predicted molar refractivity (Wildman–Crippen MR) is 99.7 cm³/mol. The highest BCUT2D eigenvalue weighted by Gasteiger charge is 2.34. The van der Waals surface area contributed by atoms with E-state index in [4.69, 9.17) is 4.74 Å². The normalized spacial score (nSPS) is 16.0. The van der Waals surface area contributed by atoms with Gasteiger partial charge in [-0.05, 0) is 23.3 Å². The van der Waals surface area contributed by atoms with E-state index in [0.717, 1.165) is 36.3 Å². The molecule has 1 N–H and O–H groups in total. The lowest BCUT2D eigenvalue weighted by Crippen LogP contribution is -2.36. The summed E-state index contributed by atoms with van der Waals surface area (Å²) in [5, 5.41) is 0. The molecule has 10 heteroatoms. The molecule has 0 radical (unpaired) electrons. The minimum Gasteiger partial charge on any atom is -0.404 e. The van der Waals surface area contributed by atoms with Gasteiger partial charge in [-0.1, -0.05) is 36.4 Å². The minimum atomic E-state index is -4.99. The lowest BCUT2D eigenvalue weighted by Gasteiger charge is -2.27. The molecule has 1 saturated heterocycles. The lowest BCUT2D eigenvalue weighted by atomic mass is 10.1. The predicted octanol–water partition coefficient (Wildman–Crippen LogP) is 2.90. The maximum atomic E-state index is 12.6. The van der Waals surface area contributed by atoms with Crippen LogP contribution < -0.4 is 9.46 Å². The van der Waals surface area contributed by atoms with Crippen LogP contribution in [-0.2, 0) is 27.8 Å². The van der Waals surface area contributed by atoms with Gasteiger partial charge in [0, 0.05) is 26.2 Å². The molecule has 0 bridgehead atoms. The van der Waals surface area contributed by atoms with Crippen molar-refractivity contribution in [3.05, 3.63) is 59.7 Å². The Morgan fingerprint density at radius 1 is 1.00 bits per heavy atom. The fourth-order valence-corrected chi connectivity index (χ4v) is 4.15. The second-order valence-electron chi connectivity index (χ2n) is 6.48. The van der Waals surface area contributed by atoms with E-state index in [-0.39, 0.29) is 6.54 Å². The number of nitrogens with zero attached hydrogens (tertiary/aromatic N) is 1. The van der Waals surface area contributed by atoms with Crippen molar-refractivity contribution >= 4 is 10.0 Å². The van der Waals surface area contributed by atoms with Crippen LogP contribution in [0.15, 0.2) is 53.4 Å². The number of hydrogen-bond acceptors (Lipinski definition) is 5. The first-order valence-corrected chi connectivity index (χ1v) is 10.4. The van der Waals surface area contributed by atoms with Crippen molar-refractivity contribution < 1.29 is 31.1 Å². The van der Waals surface area contributed by atoms with Gasteiger partial charge in [0.15, 0.2) is 0 Å². The van der Waals surface area contributed by atoms with Crippen molar-refractivity contribution in [1.29, 1.82) is 0 Å². The second kappa shape index (κ2) is 9.12. The fraction of sp³-hybridized carbons (Fsp3) is 0.368. The summed E-state index contributed by atoms with van der Waals surface area (Å²) in [5.74, 6) is -0.769. The van der Waals surface area contributed by atoms with Crippen molar-refractivity contribution in [2.24, 2.45) is 0 Å². The quantitative estimate of drug-likeness (QED) is 0.732. The molecule has 2 aromatic rings. The third-order valence-corrected chi connectivity index (χ3v) is 5.87. The number of nitrogens with one attached hydrogen (secondary N) is 1. The summed E-state index contributed by atoms with van der Waals surface area (Å²) in [7, 11) is -4.22. The number of sulfonamides is 1. The van der Waals surface area contributed by atoms with Crippen molar-refractivity contribution in [2.75, 3.05) is 26.3 Å². The monoisotopic (exact) mass is 430 g/mol. The zero-order valence-electron chi connectivity index (χ0n) is 15.5. The third kappa shape index (κ3) is 6.17. The molecular formula is C19H21F3N2O4S. The summed E-state index contributed by atoms with van der Waals surface area (Å²) in [6.07, 6.45) is -4.99. The molecule has 2 aromatic carbocycles. The molecule has 1 fully saturated rings. The number of halogens is 3. The Bertz CT molecular complexity index is 929. The maximum Gasteiger partial charge on any atom is 0.573 e. The standard InChI is InChI=1S/C19H21F3N2O4S/c20-19(21,22)28-17-7-3-4-8-18(17)29(25,26)23-13-15-5-1-2-6-16(15)14-24-9-11-27-12-10-24/h1-8,23H,9-14H2. The Labute approximate surface area is 167 Å². The molecular weight excluding hydrogens is 409 g/mol. The second-order valence-corrected chi connectivity index (χ2v) is 8.21. The molecule has 1 aliphatic heterocycles. The molecule has 0 aromatic heterocycles. The summed E-state index contributed by atoms with van der Waals surface area (Å²) < 4.78 is 74.6. The van der Waals surface area contributed by atoms with Crippen molar-refractivity contribution in [3.8, 4) is 5.75 Å². The first-order chi connectivity index (χ1) is 13.7. The van der Waals surface area contributed by atoms with Crippen molar-refractivity contribution in [3.63, 3.8) is 0 Å². The summed E-state index contributed by atoms with van der Waals surface area (Å²) in [4.78, 5) is 1.63. The lowest BCUT2D eigenvalue weighted by molar-refractivity contribution is -0.275. The van der Waals surface area contributed by atoms with E-state index in [1.54, 1.807) is 12.1 Å². The molecule has 6 nitrogen and oxygen atoms in total. The van der Waals surface area contributed by atoms with Crippen LogP contribution in [0.3, 0.4) is 0 Å². The van der Waals surface area contributed by atoms with Gasteiger partial charge in [-0.15, -0.1) is 13.2 Å². The van der Waals surface area contributed by atoms with Gasteiger partial charge in [0.25, 0.3) is 0 Å². The van der Waals surface area contributed by atoms with E-state index in [1.165, 1.54) is 12.1 Å². The van der Waals surface area contributed by atoms with Crippen LogP contribution in [0.4, 0.5) is 13.2 Å². The summed E-state index contributed by atoms with van der Waals surface area (Å²) >= 11 is 0. The topological polar surface area (TPSA) is 67.9 Å². The molecule has 0 aliphatic carbocycles. The van der Waals surface area contributed by atoms with E-state index in [2.05, 4.69) is 14.4 Å². The first kappa shape index (κ1) is 21.6. The van der Waals surface area contributed by atoms with Crippen LogP contribution in [0.2, 0.25) is 0 Å². The summed E-state index contributed by atoms with van der Waals surface area (Å²) in [6.45, 7) is 3.43. The van der Waals surface area contributed by atoms with Crippen LogP contribution in [0.1, 0.15) is 11.1 Å². The molecule has 0 saturated carbocycles. The number of morpholine rings is 1. The van der Waals surface area contributed by atoms with Crippen LogP contribution in [0.25, 0.3) is 0 Å². The Balaban J connectivity index is 1.75. The van der Waals surface area contributed by atoms with Gasteiger partial charge in [-0.2, -0.15) is 0 Å². The molecule has 0 atom stereocenters. The Hall–Kier alpha value is -2.14. The zero-order chi connectivity index (χ0) is 20.9. The smallest absolute Gasteiger partial charge is 0.404 e. The first-order valence-electron chi connectivity index (χ1n) is 8.96. The number of para-hydroxylation sites is 1. The average molecular weight is 430 g/mol. The van der Waals surface area contributed by atoms with Crippen LogP contribution in [0, 0.1) is 0 Å². The van der Waals surface area contributed by atoms with Crippen LogP contribution >= 0.6 is 0 Å². The Morgan fingerprint density at radius 3 is 2.31 bits per heavy atom. The molecule has 0 amide bonds. The number of rotatable bonds is 7. The highest BCUT2D eigenvalue weighted by atomic mass is 32.2. The summed E-state index contributed by atoms with van der Waals surface area (Å²) in [6, 6.07) is 12.0. The molecule has 29 heavy (non-hydrogen) atoms. The van der Waals surface area contributed by atoms with Gasteiger partial charge in [0.2, 0.25) is 10.0 Å². The Morgan fingerprint density at radius 2 is 1.62 bits per heavy atom. The number of benzene rings is 2. The highest BCUT2D eigenvalue weighted by molar-refractivity contribution is 7.89. The van der Waals surface area contributed by atoms with E-state index in [1.807, 2.05) is 12.1 Å². The molecule has 3 rings (SSSR count). The van der Waals surface area contributed by atoms with E-state index in [0.29, 0.717) is 19.8 Å². The van der Waals surface area contributed by atoms with Gasteiger partial charge in [0.1, 0.15) is 10.6 Å². The molecule has 158 valence electrons. The average Bonchev–Trinajstić information content (AvgIpc) is 2.67. The molecule has 1 heterocycles. The van der Waals surface area contributed by atoms with Crippen LogP contribution in [0.5, 0.6) is 5.75 Å². The molecule has 1 aliphatic rings. The minimum absolute atomic E-state index is 0.0524. The number of alkyl halides is 3. The fourth-order valence-electron chi connectivity index (χ4n) is 3.02. The third-order valence-electron chi connectivity index (χ3n) is 4.43. The van der Waals surface area contributed by atoms with Crippen molar-refractivity contribution in [2.45, 2.75) is 24.3 Å². The van der Waals surface area contributed by atoms with Gasteiger partial charge >= 0.3 is 6.36 Å². The molecule has 0 unspecified atom stereocenters. The largest absolute Gasteiger partial charge is 0.573 e. The zero-order valence-corrected chi connectivity index (χ0v) is 16.3. The van der Waals surface area contributed by atoms with E-state index in [9.17, 15) is 21.6 Å². The van der Waals surface area contributed by atoms with Gasteiger partial charge in [-0.25, -0.2) is 13.1 Å². The summed E-state index contributed by atoms with van der Waals surface area (Å²) in [5.41, 5.74) is 1.69. The van der Waals surface area contributed by atoms with E-state index >= 15 is 0 Å². The van der Waals surface area contributed by atoms with Gasteiger partial charge in [0.05, 0.1) is 13.2 Å². The number of hydrogen-bond donors (Lipinski definition) is 1. The van der Waals surface area contributed by atoms with Gasteiger partial charge < -0.3 is 9.47 Å². The molecule has 0 spiro atoms. The van der Waals surface area contributed by atoms with E-state index < -0.39 is 27.0 Å². The van der Waals surface area contributed by atoms with Crippen LogP contribution in [-0.4, -0.2) is 46.0 Å². The van der Waals surface area contributed by atoms with Gasteiger partial charge in [-0.3, -0.25) is 4.90 Å². The van der Waals surface area contributed by atoms with Crippen molar-refractivity contribution in [1.82, 2.24) is 9.62 Å². The SMILES string of the molecule is O=S(=O)(NCc1ccccc1CN1CCOCC1)c1ccccc1OC(F)(F)F.